The van der Waals surface area contributed by atoms with Crippen molar-refractivity contribution in [2.45, 2.75) is 23.9 Å². The van der Waals surface area contributed by atoms with Crippen molar-refractivity contribution < 1.29 is 22.0 Å². The van der Waals surface area contributed by atoms with Crippen LogP contribution < -0.4 is 9.62 Å². The molecular formula is C22H20F2N6O3S. The van der Waals surface area contributed by atoms with E-state index in [1.165, 1.54) is 33.9 Å². The minimum atomic E-state index is -4.17. The second kappa shape index (κ2) is 8.20. The second-order valence-corrected chi connectivity index (χ2v) is 9.73. The van der Waals surface area contributed by atoms with Crippen LogP contribution in [0.1, 0.15) is 34.8 Å². The second-order valence-electron chi connectivity index (χ2n) is 8.10. The van der Waals surface area contributed by atoms with Crippen molar-refractivity contribution in [2.24, 2.45) is 7.05 Å². The number of carbonyl (C=O) groups is 1. The summed E-state index contributed by atoms with van der Waals surface area (Å²) in [6, 6.07) is 6.48. The third-order valence-electron chi connectivity index (χ3n) is 5.83. The van der Waals surface area contributed by atoms with Gasteiger partial charge in [-0.1, -0.05) is 0 Å². The number of anilines is 1. The Labute approximate surface area is 193 Å². The summed E-state index contributed by atoms with van der Waals surface area (Å²) >= 11 is 0. The average molecular weight is 487 g/mol. The molecule has 1 aromatic carbocycles. The Morgan fingerprint density at radius 1 is 1.21 bits per heavy atom. The van der Waals surface area contributed by atoms with Crippen molar-refractivity contribution in [3.05, 3.63) is 78.0 Å². The summed E-state index contributed by atoms with van der Waals surface area (Å²) in [4.78, 5) is 18.6. The van der Waals surface area contributed by atoms with Gasteiger partial charge in [-0.2, -0.15) is 13.5 Å². The molecule has 1 amide bonds. The van der Waals surface area contributed by atoms with E-state index in [4.69, 9.17) is 0 Å². The maximum atomic E-state index is 14.5. The number of nitrogens with zero attached hydrogens (tertiary/aromatic N) is 5. The number of aryl methyl sites for hydroxylation is 1. The fourth-order valence-electron chi connectivity index (χ4n) is 4.25. The first kappa shape index (κ1) is 22.0. The largest absolute Gasteiger partial charge is 0.364 e. The van der Waals surface area contributed by atoms with E-state index in [0.717, 1.165) is 18.6 Å². The van der Waals surface area contributed by atoms with Crippen LogP contribution >= 0.6 is 0 Å². The minimum Gasteiger partial charge on any atom is -0.364 e. The number of sulfonamides is 1. The lowest BCUT2D eigenvalue weighted by Crippen LogP contribution is -2.30. The van der Waals surface area contributed by atoms with Crippen molar-refractivity contribution in [1.82, 2.24) is 23.9 Å². The summed E-state index contributed by atoms with van der Waals surface area (Å²) in [5, 5.41) is 3.85. The Bertz CT molecular complexity index is 1510. The monoisotopic (exact) mass is 486 g/mol. The molecule has 0 spiro atoms. The molecule has 1 unspecified atom stereocenters. The Morgan fingerprint density at radius 2 is 2.03 bits per heavy atom. The lowest BCUT2D eigenvalue weighted by Gasteiger charge is -2.27. The molecule has 3 aromatic heterocycles. The van der Waals surface area contributed by atoms with Crippen molar-refractivity contribution in [2.75, 3.05) is 11.4 Å². The molecule has 5 rings (SSSR count). The molecule has 4 heterocycles. The lowest BCUT2D eigenvalue weighted by atomic mass is 10.0. The molecule has 4 aromatic rings. The van der Waals surface area contributed by atoms with Crippen LogP contribution in [0.15, 0.2) is 60.3 Å². The molecule has 1 fully saturated rings. The summed E-state index contributed by atoms with van der Waals surface area (Å²) in [6.07, 6.45) is 6.92. The number of amides is 1. The maximum Gasteiger partial charge on any atom is 0.283 e. The van der Waals surface area contributed by atoms with Crippen LogP contribution in [-0.4, -0.2) is 40.0 Å². The zero-order chi connectivity index (χ0) is 24.0. The zero-order valence-electron chi connectivity index (χ0n) is 18.0. The van der Waals surface area contributed by atoms with Gasteiger partial charge in [0, 0.05) is 37.2 Å². The van der Waals surface area contributed by atoms with E-state index in [-0.39, 0.29) is 22.2 Å². The highest BCUT2D eigenvalue weighted by molar-refractivity contribution is 7.90. The Kier molecular flexibility index (Phi) is 5.31. The van der Waals surface area contributed by atoms with Gasteiger partial charge in [0.05, 0.1) is 29.6 Å². The molecule has 1 aliphatic heterocycles. The number of nitrogens with one attached hydrogen (secondary N) is 1. The van der Waals surface area contributed by atoms with Gasteiger partial charge in [-0.3, -0.25) is 4.79 Å². The number of halogens is 2. The van der Waals surface area contributed by atoms with E-state index in [0.29, 0.717) is 24.2 Å². The fraction of sp³-hybridized carbons (Fsp3) is 0.227. The minimum absolute atomic E-state index is 0.0500. The molecule has 1 aliphatic rings. The first-order chi connectivity index (χ1) is 16.2. The number of rotatable bonds is 5. The van der Waals surface area contributed by atoms with Crippen LogP contribution in [0.2, 0.25) is 0 Å². The molecular weight excluding hydrogens is 466 g/mol. The number of aromatic nitrogens is 4. The normalized spacial score (nSPS) is 16.3. The van der Waals surface area contributed by atoms with Crippen LogP contribution in [0.5, 0.6) is 0 Å². The average Bonchev–Trinajstić information content (AvgIpc) is 3.53. The summed E-state index contributed by atoms with van der Waals surface area (Å²) in [7, 11) is -2.56. The predicted molar refractivity (Wildman–Crippen MR) is 119 cm³/mol. The Morgan fingerprint density at radius 3 is 2.79 bits per heavy atom. The molecule has 176 valence electrons. The molecule has 0 radical (unpaired) electrons. The van der Waals surface area contributed by atoms with Gasteiger partial charge in [-0.05, 0) is 43.2 Å². The highest BCUT2D eigenvalue weighted by Crippen LogP contribution is 2.38. The fourth-order valence-corrected chi connectivity index (χ4v) is 5.20. The molecule has 12 heteroatoms. The van der Waals surface area contributed by atoms with Gasteiger partial charge < -0.3 is 9.47 Å². The number of hydrogen-bond acceptors (Lipinski definition) is 6. The van der Waals surface area contributed by atoms with Crippen LogP contribution in [0.4, 0.5) is 14.5 Å². The van der Waals surface area contributed by atoms with Crippen LogP contribution in [0, 0.1) is 11.6 Å². The van der Waals surface area contributed by atoms with Crippen LogP contribution in [-0.2, 0) is 17.1 Å². The Hall–Kier alpha value is -3.80. The SMILES string of the molecule is Cn1cnc(S(=O)(=O)NC(=O)c2cnn3ccc(N4CCCC4c4cc(F)ccc4F)cc23)c1. The van der Waals surface area contributed by atoms with E-state index in [1.54, 1.807) is 25.4 Å². The van der Waals surface area contributed by atoms with Crippen molar-refractivity contribution in [1.29, 1.82) is 0 Å². The van der Waals surface area contributed by atoms with Gasteiger partial charge >= 0.3 is 0 Å². The van der Waals surface area contributed by atoms with Crippen LogP contribution in [0.25, 0.3) is 5.52 Å². The van der Waals surface area contributed by atoms with Crippen LogP contribution in [0.3, 0.4) is 0 Å². The van der Waals surface area contributed by atoms with Crippen molar-refractivity contribution in [3.63, 3.8) is 0 Å². The number of hydrogen-bond donors (Lipinski definition) is 1. The third-order valence-corrected chi connectivity index (χ3v) is 7.05. The van der Waals surface area contributed by atoms with Gasteiger partial charge in [0.15, 0.2) is 5.03 Å². The molecule has 0 aliphatic carbocycles. The summed E-state index contributed by atoms with van der Waals surface area (Å²) in [5.41, 5.74) is 1.37. The first-order valence-electron chi connectivity index (χ1n) is 10.5. The molecule has 0 saturated carbocycles. The number of imidazole rings is 1. The molecule has 0 bridgehead atoms. The molecule has 1 saturated heterocycles. The first-order valence-corrected chi connectivity index (χ1v) is 12.0. The van der Waals surface area contributed by atoms with Crippen molar-refractivity contribution >= 4 is 27.1 Å². The number of carbonyl (C=O) groups excluding carboxylic acids is 1. The highest BCUT2D eigenvalue weighted by Gasteiger charge is 2.30. The Balaban J connectivity index is 1.47. The van der Waals surface area contributed by atoms with Gasteiger partial charge in [0.25, 0.3) is 15.9 Å². The van der Waals surface area contributed by atoms with Gasteiger partial charge in [0.2, 0.25) is 0 Å². The summed E-state index contributed by atoms with van der Waals surface area (Å²) in [6.45, 7) is 0.612. The lowest BCUT2D eigenvalue weighted by molar-refractivity contribution is 0.0983. The summed E-state index contributed by atoms with van der Waals surface area (Å²) in [5.74, 6) is -1.85. The number of fused-ring (bicyclic) bond motifs is 1. The number of pyridine rings is 1. The standard InChI is InChI=1S/C22H20F2N6O3S/c1-28-12-21(25-13-28)34(32,33)27-22(31)17-11-26-30-8-6-15(10-20(17)30)29-7-2-3-19(29)16-9-14(23)4-5-18(16)24/h4-6,8-13,19H,2-3,7H2,1H3,(H,27,31). The highest BCUT2D eigenvalue weighted by atomic mass is 32.2. The zero-order valence-corrected chi connectivity index (χ0v) is 18.8. The van der Waals surface area contributed by atoms with Gasteiger partial charge in [-0.25, -0.2) is 23.0 Å². The molecule has 34 heavy (non-hydrogen) atoms. The maximum absolute atomic E-state index is 14.5. The summed E-state index contributed by atoms with van der Waals surface area (Å²) < 4.78 is 58.2. The third kappa shape index (κ3) is 3.89. The quantitative estimate of drug-likeness (QED) is 0.466. The molecule has 9 nitrogen and oxygen atoms in total. The van der Waals surface area contributed by atoms with E-state index in [1.807, 2.05) is 9.62 Å². The molecule has 1 N–H and O–H groups in total. The van der Waals surface area contributed by atoms with E-state index >= 15 is 0 Å². The molecule has 1 atom stereocenters. The van der Waals surface area contributed by atoms with Gasteiger partial charge in [-0.15, -0.1) is 0 Å². The smallest absolute Gasteiger partial charge is 0.283 e. The van der Waals surface area contributed by atoms with E-state index < -0.39 is 27.6 Å². The number of benzene rings is 1. The topological polar surface area (TPSA) is 102 Å². The van der Waals surface area contributed by atoms with E-state index in [2.05, 4.69) is 10.1 Å². The van der Waals surface area contributed by atoms with Crippen molar-refractivity contribution in [3.8, 4) is 0 Å². The predicted octanol–water partition coefficient (Wildman–Crippen LogP) is 2.81. The van der Waals surface area contributed by atoms with E-state index in [9.17, 15) is 22.0 Å². The van der Waals surface area contributed by atoms with Gasteiger partial charge in [0.1, 0.15) is 11.6 Å².